The molecule has 0 heterocycles. The highest BCUT2D eigenvalue weighted by Gasteiger charge is 2.15. The molecule has 2 aromatic carbocycles. The predicted molar refractivity (Wildman–Crippen MR) is 75.6 cm³/mol. The fraction of sp³-hybridized carbons (Fsp3) is 0.188. The molecule has 4 nitrogen and oxygen atoms in total. The van der Waals surface area contributed by atoms with Crippen molar-refractivity contribution in [1.82, 2.24) is 0 Å². The molecule has 104 valence electrons. The highest BCUT2D eigenvalue weighted by Crippen LogP contribution is 2.36. The second-order valence-electron chi connectivity index (χ2n) is 4.23. The Morgan fingerprint density at radius 2 is 1.75 bits per heavy atom. The van der Waals surface area contributed by atoms with Crippen molar-refractivity contribution in [2.45, 2.75) is 6.92 Å². The highest BCUT2D eigenvalue weighted by atomic mass is 16.5. The van der Waals surface area contributed by atoms with Gasteiger partial charge in [-0.05, 0) is 36.8 Å². The molecule has 2 rings (SSSR count). The number of aryl methyl sites for hydroxylation is 1. The quantitative estimate of drug-likeness (QED) is 0.798. The number of hydrogen-bond donors (Lipinski definition) is 0. The van der Waals surface area contributed by atoms with E-state index in [1.165, 1.54) is 14.2 Å². The van der Waals surface area contributed by atoms with Gasteiger partial charge in [-0.15, -0.1) is 0 Å². The van der Waals surface area contributed by atoms with Crippen LogP contribution < -0.4 is 9.47 Å². The third-order valence-electron chi connectivity index (χ3n) is 2.84. The van der Waals surface area contributed by atoms with Gasteiger partial charge in [0.15, 0.2) is 11.5 Å². The molecule has 0 saturated heterocycles. The lowest BCUT2D eigenvalue weighted by Crippen LogP contribution is -2.03. The molecule has 0 unspecified atom stereocenters. The predicted octanol–water partition coefficient (Wildman–Crippen LogP) is 3.58. The minimum absolute atomic E-state index is 0.405. The van der Waals surface area contributed by atoms with Crippen LogP contribution in [0.3, 0.4) is 0 Å². The van der Waals surface area contributed by atoms with Crippen molar-refractivity contribution in [1.29, 1.82) is 0 Å². The number of ether oxygens (including phenoxy) is 3. The van der Waals surface area contributed by atoms with Gasteiger partial charge in [-0.25, -0.2) is 4.79 Å². The minimum Gasteiger partial charge on any atom is -0.493 e. The smallest absolute Gasteiger partial charge is 0.337 e. The lowest BCUT2D eigenvalue weighted by molar-refractivity contribution is 0.0600. The average molecular weight is 272 g/mol. The fourth-order valence-corrected chi connectivity index (χ4v) is 1.87. The Hall–Kier alpha value is -2.49. The molecule has 0 saturated carbocycles. The van der Waals surface area contributed by atoms with E-state index < -0.39 is 5.97 Å². The van der Waals surface area contributed by atoms with E-state index in [4.69, 9.17) is 14.2 Å². The van der Waals surface area contributed by atoms with E-state index in [1.807, 2.05) is 37.3 Å². The van der Waals surface area contributed by atoms with E-state index in [0.29, 0.717) is 22.8 Å². The fourth-order valence-electron chi connectivity index (χ4n) is 1.87. The summed E-state index contributed by atoms with van der Waals surface area (Å²) < 4.78 is 15.8. The average Bonchev–Trinajstić information content (AvgIpc) is 2.49. The largest absolute Gasteiger partial charge is 0.493 e. The molecule has 20 heavy (non-hydrogen) atoms. The number of benzene rings is 2. The maximum absolute atomic E-state index is 11.6. The van der Waals surface area contributed by atoms with Crippen LogP contribution in [0, 0.1) is 6.92 Å². The minimum atomic E-state index is -0.405. The Kier molecular flexibility index (Phi) is 4.25. The van der Waals surface area contributed by atoms with Gasteiger partial charge in [-0.2, -0.15) is 0 Å². The first-order chi connectivity index (χ1) is 9.65. The van der Waals surface area contributed by atoms with Crippen molar-refractivity contribution >= 4 is 5.97 Å². The van der Waals surface area contributed by atoms with Crippen LogP contribution in [0.15, 0.2) is 42.5 Å². The van der Waals surface area contributed by atoms with E-state index in [1.54, 1.807) is 12.1 Å². The van der Waals surface area contributed by atoms with Crippen LogP contribution in [0.25, 0.3) is 0 Å². The lowest BCUT2D eigenvalue weighted by Gasteiger charge is -2.14. The van der Waals surface area contributed by atoms with Crippen molar-refractivity contribution in [3.8, 4) is 17.2 Å². The van der Waals surface area contributed by atoms with Gasteiger partial charge in [0, 0.05) is 0 Å². The topological polar surface area (TPSA) is 44.8 Å². The van der Waals surface area contributed by atoms with Crippen molar-refractivity contribution in [3.63, 3.8) is 0 Å². The summed E-state index contributed by atoms with van der Waals surface area (Å²) in [4.78, 5) is 11.6. The van der Waals surface area contributed by atoms with E-state index in [0.717, 1.165) is 5.56 Å². The van der Waals surface area contributed by atoms with E-state index >= 15 is 0 Å². The van der Waals surface area contributed by atoms with Crippen molar-refractivity contribution < 1.29 is 19.0 Å². The molecule has 0 radical (unpaired) electrons. The van der Waals surface area contributed by atoms with Crippen LogP contribution >= 0.6 is 0 Å². The van der Waals surface area contributed by atoms with Crippen LogP contribution in [0.2, 0.25) is 0 Å². The lowest BCUT2D eigenvalue weighted by atomic mass is 10.1. The number of rotatable bonds is 4. The number of para-hydroxylation sites is 1. The summed E-state index contributed by atoms with van der Waals surface area (Å²) in [6.07, 6.45) is 0. The van der Waals surface area contributed by atoms with Gasteiger partial charge < -0.3 is 14.2 Å². The number of carbonyl (C=O) groups excluding carboxylic acids is 1. The van der Waals surface area contributed by atoms with Crippen LogP contribution in [0.1, 0.15) is 15.9 Å². The van der Waals surface area contributed by atoms with E-state index in [9.17, 15) is 4.79 Å². The zero-order valence-electron chi connectivity index (χ0n) is 11.7. The SMILES string of the molecule is COC(=O)c1cc(C)c(Oc2ccccc2)c(OC)c1. The maximum Gasteiger partial charge on any atom is 0.337 e. The van der Waals surface area contributed by atoms with Crippen molar-refractivity contribution in [2.24, 2.45) is 0 Å². The van der Waals surface area contributed by atoms with Crippen LogP contribution in [-0.4, -0.2) is 20.2 Å². The molecule has 4 heteroatoms. The molecular weight excluding hydrogens is 256 g/mol. The van der Waals surface area contributed by atoms with Gasteiger partial charge in [0.25, 0.3) is 0 Å². The van der Waals surface area contributed by atoms with Crippen molar-refractivity contribution in [3.05, 3.63) is 53.6 Å². The highest BCUT2D eigenvalue weighted by molar-refractivity contribution is 5.90. The summed E-state index contributed by atoms with van der Waals surface area (Å²) in [5, 5.41) is 0. The number of carbonyl (C=O) groups is 1. The molecule has 0 atom stereocenters. The number of hydrogen-bond acceptors (Lipinski definition) is 4. The zero-order chi connectivity index (χ0) is 14.5. The second-order valence-corrected chi connectivity index (χ2v) is 4.23. The molecule has 0 aliphatic heterocycles. The molecular formula is C16H16O4. The van der Waals surface area contributed by atoms with Gasteiger partial charge in [0.05, 0.1) is 19.8 Å². The molecule has 0 spiro atoms. The van der Waals surface area contributed by atoms with Gasteiger partial charge in [0.1, 0.15) is 5.75 Å². The standard InChI is InChI=1S/C16H16O4/c1-11-9-12(16(17)19-3)10-14(18-2)15(11)20-13-7-5-4-6-8-13/h4-10H,1-3H3. The Morgan fingerprint density at radius 1 is 1.05 bits per heavy atom. The Bertz CT molecular complexity index is 605. The van der Waals surface area contributed by atoms with Crippen LogP contribution in [0.4, 0.5) is 0 Å². The third kappa shape index (κ3) is 2.91. The summed E-state index contributed by atoms with van der Waals surface area (Å²) in [5.74, 6) is 1.39. The van der Waals surface area contributed by atoms with Gasteiger partial charge >= 0.3 is 5.97 Å². The third-order valence-corrected chi connectivity index (χ3v) is 2.84. The molecule has 0 fully saturated rings. The van der Waals surface area contributed by atoms with Crippen LogP contribution in [-0.2, 0) is 4.74 Å². The Labute approximate surface area is 117 Å². The summed E-state index contributed by atoms with van der Waals surface area (Å²) in [5.41, 5.74) is 1.23. The zero-order valence-corrected chi connectivity index (χ0v) is 11.7. The van der Waals surface area contributed by atoms with Gasteiger partial charge in [-0.1, -0.05) is 18.2 Å². The second kappa shape index (κ2) is 6.10. The number of esters is 1. The van der Waals surface area contributed by atoms with E-state index in [2.05, 4.69) is 0 Å². The summed E-state index contributed by atoms with van der Waals surface area (Å²) >= 11 is 0. The van der Waals surface area contributed by atoms with Gasteiger partial charge in [-0.3, -0.25) is 0 Å². The summed E-state index contributed by atoms with van der Waals surface area (Å²) in [7, 11) is 2.88. The normalized spacial score (nSPS) is 9.95. The molecule has 2 aromatic rings. The number of methoxy groups -OCH3 is 2. The first-order valence-corrected chi connectivity index (χ1v) is 6.15. The molecule has 0 N–H and O–H groups in total. The molecule has 0 amide bonds. The first kappa shape index (κ1) is 13.9. The molecule has 0 aromatic heterocycles. The van der Waals surface area contributed by atoms with Crippen LogP contribution in [0.5, 0.6) is 17.2 Å². The van der Waals surface area contributed by atoms with Gasteiger partial charge in [0.2, 0.25) is 0 Å². The maximum atomic E-state index is 11.6. The Balaban J connectivity index is 2.40. The monoisotopic (exact) mass is 272 g/mol. The van der Waals surface area contributed by atoms with E-state index in [-0.39, 0.29) is 0 Å². The molecule has 0 aliphatic carbocycles. The molecule has 0 bridgehead atoms. The Morgan fingerprint density at radius 3 is 2.35 bits per heavy atom. The van der Waals surface area contributed by atoms with Crippen molar-refractivity contribution in [2.75, 3.05) is 14.2 Å². The summed E-state index contributed by atoms with van der Waals surface area (Å²) in [6.45, 7) is 1.85. The first-order valence-electron chi connectivity index (χ1n) is 6.15. The summed E-state index contributed by atoms with van der Waals surface area (Å²) in [6, 6.07) is 12.7. The molecule has 0 aliphatic rings.